The third kappa shape index (κ3) is 7.28. The van der Waals surface area contributed by atoms with E-state index in [1.54, 1.807) is 0 Å². The van der Waals surface area contributed by atoms with Crippen molar-refractivity contribution in [2.45, 2.75) is 50.4 Å². The topological polar surface area (TPSA) is 158 Å². The average molecular weight is 582 g/mol. The molecule has 6 N–H and O–H groups in total. The molecule has 0 spiro atoms. The van der Waals surface area contributed by atoms with Crippen molar-refractivity contribution in [1.82, 2.24) is 20.5 Å². The quantitative estimate of drug-likeness (QED) is 0.183. The number of nitrogens with zero attached hydrogens (tertiary/aromatic N) is 1. The fraction of sp³-hybridized carbons (Fsp3) is 0.273. The number of nitrogens with two attached hydrogens (primary N) is 1. The standard InChI is InChI=1S/C33H35N5O5/c34-26(14-15-35-30(39)16-21-8-2-1-3-9-21)32(41)38-20-24-12-5-4-10-22(24)18-29(38)31(40)37-28(33(42)43)19-25-17-23-11-6-7-13-27(23)36-25/h1-13,17,26,28-29,36H,14-16,18-20,34H2,(H,35,39)(H,37,40)(H,42,43)/t26-,28-,29-/m0/s1. The lowest BCUT2D eigenvalue weighted by molar-refractivity contribution is -0.146. The third-order valence-corrected chi connectivity index (χ3v) is 7.76. The minimum atomic E-state index is -1.21. The maximum absolute atomic E-state index is 13.6. The average Bonchev–Trinajstić information content (AvgIpc) is 3.42. The molecule has 0 saturated carbocycles. The van der Waals surface area contributed by atoms with E-state index in [1.165, 1.54) is 4.90 Å². The van der Waals surface area contributed by atoms with Gasteiger partial charge in [0.1, 0.15) is 12.1 Å². The van der Waals surface area contributed by atoms with Gasteiger partial charge in [-0.1, -0.05) is 72.8 Å². The van der Waals surface area contributed by atoms with Gasteiger partial charge in [-0.3, -0.25) is 14.4 Å². The molecule has 0 saturated heterocycles. The first-order valence-corrected chi connectivity index (χ1v) is 14.3. The number of benzene rings is 3. The van der Waals surface area contributed by atoms with Crippen LogP contribution < -0.4 is 16.4 Å². The molecule has 0 unspecified atom stereocenters. The summed E-state index contributed by atoms with van der Waals surface area (Å²) in [5.41, 5.74) is 10.5. The number of aromatic nitrogens is 1. The van der Waals surface area contributed by atoms with Crippen LogP contribution in [0.25, 0.3) is 10.9 Å². The van der Waals surface area contributed by atoms with Crippen LogP contribution in [0, 0.1) is 0 Å². The second kappa shape index (κ2) is 13.3. The van der Waals surface area contributed by atoms with Crippen molar-refractivity contribution in [3.05, 3.63) is 107 Å². The van der Waals surface area contributed by atoms with Crippen molar-refractivity contribution < 1.29 is 24.3 Å². The molecule has 0 bridgehead atoms. The minimum absolute atomic E-state index is 0.0508. The smallest absolute Gasteiger partial charge is 0.326 e. The van der Waals surface area contributed by atoms with Crippen molar-refractivity contribution >= 4 is 34.6 Å². The van der Waals surface area contributed by atoms with E-state index in [-0.39, 0.29) is 44.7 Å². The van der Waals surface area contributed by atoms with Gasteiger partial charge in [-0.05, 0) is 40.6 Å². The molecule has 4 aromatic rings. The van der Waals surface area contributed by atoms with Gasteiger partial charge in [-0.2, -0.15) is 0 Å². The first-order chi connectivity index (χ1) is 20.8. The van der Waals surface area contributed by atoms with Crippen molar-refractivity contribution in [3.63, 3.8) is 0 Å². The molecule has 1 aliphatic heterocycles. The van der Waals surface area contributed by atoms with E-state index in [0.29, 0.717) is 5.69 Å². The Bertz CT molecular complexity index is 1590. The van der Waals surface area contributed by atoms with E-state index >= 15 is 0 Å². The number of carboxylic acids is 1. The Kier molecular flexibility index (Phi) is 9.17. The first-order valence-electron chi connectivity index (χ1n) is 14.3. The summed E-state index contributed by atoms with van der Waals surface area (Å²) < 4.78 is 0. The molecular formula is C33H35N5O5. The second-order valence-electron chi connectivity index (χ2n) is 10.8. The van der Waals surface area contributed by atoms with Crippen molar-refractivity contribution in [2.75, 3.05) is 6.54 Å². The summed E-state index contributed by atoms with van der Waals surface area (Å²) >= 11 is 0. The van der Waals surface area contributed by atoms with Crippen LogP contribution in [0.15, 0.2) is 84.9 Å². The fourth-order valence-corrected chi connectivity index (χ4v) is 5.47. The predicted octanol–water partition coefficient (Wildman–Crippen LogP) is 2.31. The molecule has 222 valence electrons. The summed E-state index contributed by atoms with van der Waals surface area (Å²) in [4.78, 5) is 56.4. The molecule has 10 nitrogen and oxygen atoms in total. The fourth-order valence-electron chi connectivity index (χ4n) is 5.47. The number of nitrogens with one attached hydrogen (secondary N) is 3. The number of aromatic amines is 1. The molecule has 0 radical (unpaired) electrons. The van der Waals surface area contributed by atoms with Gasteiger partial charge in [0.25, 0.3) is 0 Å². The van der Waals surface area contributed by atoms with E-state index in [4.69, 9.17) is 5.73 Å². The Balaban J connectivity index is 1.25. The summed E-state index contributed by atoms with van der Waals surface area (Å²) in [7, 11) is 0. The predicted molar refractivity (Wildman–Crippen MR) is 162 cm³/mol. The summed E-state index contributed by atoms with van der Waals surface area (Å²) in [6, 6.07) is 23.2. The largest absolute Gasteiger partial charge is 0.480 e. The highest BCUT2D eigenvalue weighted by molar-refractivity contribution is 5.92. The van der Waals surface area contributed by atoms with E-state index in [0.717, 1.165) is 27.6 Å². The molecule has 1 aromatic heterocycles. The molecule has 10 heteroatoms. The molecule has 0 aliphatic carbocycles. The zero-order chi connectivity index (χ0) is 30.3. The number of carboxylic acid groups (broad SMARTS) is 1. The molecule has 0 fully saturated rings. The van der Waals surface area contributed by atoms with Crippen LogP contribution in [0.5, 0.6) is 0 Å². The molecular weight excluding hydrogens is 546 g/mol. The number of aliphatic carboxylic acids is 1. The molecule has 1 aliphatic rings. The van der Waals surface area contributed by atoms with Crippen LogP contribution in [-0.2, 0) is 45.0 Å². The van der Waals surface area contributed by atoms with Gasteiger partial charge in [-0.25, -0.2) is 4.79 Å². The van der Waals surface area contributed by atoms with Gasteiger partial charge in [0, 0.05) is 37.1 Å². The number of H-pyrrole nitrogens is 1. The summed E-state index contributed by atoms with van der Waals surface area (Å²) in [5.74, 6) is -2.35. The summed E-state index contributed by atoms with van der Waals surface area (Å²) in [6.07, 6.45) is 0.685. The number of hydrogen-bond acceptors (Lipinski definition) is 5. The van der Waals surface area contributed by atoms with Gasteiger partial charge >= 0.3 is 5.97 Å². The number of carbonyl (C=O) groups is 4. The molecule has 5 rings (SSSR count). The third-order valence-electron chi connectivity index (χ3n) is 7.76. The van der Waals surface area contributed by atoms with Gasteiger partial charge in [0.15, 0.2) is 0 Å². The van der Waals surface area contributed by atoms with E-state index in [9.17, 15) is 24.3 Å². The monoisotopic (exact) mass is 581 g/mol. The Morgan fingerprint density at radius 2 is 1.65 bits per heavy atom. The maximum atomic E-state index is 13.6. The lowest BCUT2D eigenvalue weighted by Crippen LogP contribution is -2.58. The van der Waals surface area contributed by atoms with Crippen molar-refractivity contribution in [1.29, 1.82) is 0 Å². The van der Waals surface area contributed by atoms with Gasteiger partial charge in [-0.15, -0.1) is 0 Å². The minimum Gasteiger partial charge on any atom is -0.480 e. The molecule has 3 atom stereocenters. The maximum Gasteiger partial charge on any atom is 0.326 e. The van der Waals surface area contributed by atoms with E-state index in [1.807, 2.05) is 84.9 Å². The molecule has 3 aromatic carbocycles. The Labute approximate surface area is 249 Å². The van der Waals surface area contributed by atoms with Crippen LogP contribution in [0.1, 0.15) is 28.8 Å². The number of para-hydroxylation sites is 1. The van der Waals surface area contributed by atoms with Gasteiger partial charge < -0.3 is 31.4 Å². The van der Waals surface area contributed by atoms with Gasteiger partial charge in [0.05, 0.1) is 12.5 Å². The molecule has 2 heterocycles. The SMILES string of the molecule is N[C@@H](CCNC(=O)Cc1ccccc1)C(=O)N1Cc2ccccc2C[C@H]1C(=O)N[C@@H](Cc1cc2ccccc2[nH]1)C(=O)O. The first kappa shape index (κ1) is 29.5. The van der Waals surface area contributed by atoms with Gasteiger partial charge in [0.2, 0.25) is 17.7 Å². The zero-order valence-corrected chi connectivity index (χ0v) is 23.7. The van der Waals surface area contributed by atoms with Crippen LogP contribution in [-0.4, -0.2) is 63.4 Å². The highest BCUT2D eigenvalue weighted by Gasteiger charge is 2.38. The lowest BCUT2D eigenvalue weighted by Gasteiger charge is -2.37. The highest BCUT2D eigenvalue weighted by atomic mass is 16.4. The summed E-state index contributed by atoms with van der Waals surface area (Å²) in [6.45, 7) is 0.367. The normalized spacial score (nSPS) is 15.7. The lowest BCUT2D eigenvalue weighted by atomic mass is 9.92. The highest BCUT2D eigenvalue weighted by Crippen LogP contribution is 2.25. The Hall–Kier alpha value is -4.96. The van der Waals surface area contributed by atoms with E-state index in [2.05, 4.69) is 15.6 Å². The Morgan fingerprint density at radius 1 is 0.953 bits per heavy atom. The van der Waals surface area contributed by atoms with Crippen LogP contribution in [0.3, 0.4) is 0 Å². The molecule has 43 heavy (non-hydrogen) atoms. The van der Waals surface area contributed by atoms with E-state index < -0.39 is 35.9 Å². The zero-order valence-electron chi connectivity index (χ0n) is 23.7. The number of hydrogen-bond donors (Lipinski definition) is 5. The Morgan fingerprint density at radius 3 is 2.40 bits per heavy atom. The second-order valence-corrected chi connectivity index (χ2v) is 10.8. The van der Waals surface area contributed by atoms with Crippen LogP contribution in [0.4, 0.5) is 0 Å². The van der Waals surface area contributed by atoms with Crippen molar-refractivity contribution in [3.8, 4) is 0 Å². The number of carbonyl (C=O) groups excluding carboxylic acids is 3. The number of rotatable bonds is 11. The van der Waals surface area contributed by atoms with Crippen molar-refractivity contribution in [2.24, 2.45) is 5.73 Å². The number of fused-ring (bicyclic) bond motifs is 2. The number of amides is 3. The van der Waals surface area contributed by atoms with Crippen LogP contribution in [0.2, 0.25) is 0 Å². The summed E-state index contributed by atoms with van der Waals surface area (Å²) in [5, 5.41) is 16.4. The molecule has 3 amide bonds. The van der Waals surface area contributed by atoms with Crippen LogP contribution >= 0.6 is 0 Å².